The summed E-state index contributed by atoms with van der Waals surface area (Å²) in [6.07, 6.45) is 0.453. The van der Waals surface area contributed by atoms with Crippen LogP contribution in [0.4, 0.5) is 0 Å². The monoisotopic (exact) mass is 389 g/mol. The van der Waals surface area contributed by atoms with Gasteiger partial charge >= 0.3 is 0 Å². The Labute approximate surface area is 159 Å². The second kappa shape index (κ2) is 8.00. The van der Waals surface area contributed by atoms with Crippen LogP contribution in [0.2, 0.25) is 0 Å². The second-order valence-corrected chi connectivity index (χ2v) is 8.80. The normalized spacial score (nSPS) is 18.1. The van der Waals surface area contributed by atoms with Gasteiger partial charge in [-0.2, -0.15) is 0 Å². The van der Waals surface area contributed by atoms with Crippen LogP contribution in [0.25, 0.3) is 0 Å². The van der Waals surface area contributed by atoms with Crippen molar-refractivity contribution in [3.8, 4) is 11.5 Å². The molecule has 2 aromatic rings. The standard InChI is InChI=1S/C20H23NO5S/c1-25-18-8-6-16(7-9-18)20(22)21(17-10-11-27(23,24)14-17)13-15-4-3-5-19(12-15)26-2/h3-9,12,17H,10-11,13-14H2,1-2H3. The molecule has 2 aromatic carbocycles. The third kappa shape index (κ3) is 4.60. The molecule has 1 atom stereocenters. The molecule has 0 N–H and O–H groups in total. The first-order valence-electron chi connectivity index (χ1n) is 8.70. The first kappa shape index (κ1) is 19.2. The Balaban J connectivity index is 1.89. The largest absolute Gasteiger partial charge is 0.497 e. The zero-order valence-electron chi connectivity index (χ0n) is 15.4. The number of carbonyl (C=O) groups excluding carboxylic acids is 1. The van der Waals surface area contributed by atoms with Gasteiger partial charge in [-0.15, -0.1) is 0 Å². The molecular formula is C20H23NO5S. The number of benzene rings is 2. The highest BCUT2D eigenvalue weighted by molar-refractivity contribution is 7.91. The maximum atomic E-state index is 13.2. The molecule has 0 aromatic heterocycles. The molecule has 0 bridgehead atoms. The minimum Gasteiger partial charge on any atom is -0.497 e. The quantitative estimate of drug-likeness (QED) is 0.759. The van der Waals surface area contributed by atoms with Crippen LogP contribution in [0.5, 0.6) is 11.5 Å². The van der Waals surface area contributed by atoms with Crippen molar-refractivity contribution < 1.29 is 22.7 Å². The number of carbonyl (C=O) groups is 1. The van der Waals surface area contributed by atoms with Gasteiger partial charge in [0.2, 0.25) is 0 Å². The summed E-state index contributed by atoms with van der Waals surface area (Å²) in [5.74, 6) is 1.28. The van der Waals surface area contributed by atoms with Crippen molar-refractivity contribution in [2.45, 2.75) is 19.0 Å². The highest BCUT2D eigenvalue weighted by atomic mass is 32.2. The molecule has 1 heterocycles. The van der Waals surface area contributed by atoms with Crippen LogP contribution in [0.3, 0.4) is 0 Å². The maximum absolute atomic E-state index is 13.2. The van der Waals surface area contributed by atoms with E-state index in [2.05, 4.69) is 0 Å². The van der Waals surface area contributed by atoms with Crippen molar-refractivity contribution in [2.24, 2.45) is 0 Å². The highest BCUT2D eigenvalue weighted by Crippen LogP contribution is 2.24. The van der Waals surface area contributed by atoms with Crippen molar-refractivity contribution in [1.29, 1.82) is 0 Å². The fourth-order valence-electron chi connectivity index (χ4n) is 3.25. The van der Waals surface area contributed by atoms with Crippen LogP contribution < -0.4 is 9.47 Å². The summed E-state index contributed by atoms with van der Waals surface area (Å²) in [4.78, 5) is 14.8. The van der Waals surface area contributed by atoms with Gasteiger partial charge in [0.25, 0.3) is 5.91 Å². The lowest BCUT2D eigenvalue weighted by Gasteiger charge is -2.28. The van der Waals surface area contributed by atoms with Gasteiger partial charge in [0, 0.05) is 18.2 Å². The molecule has 3 rings (SSSR count). The molecule has 7 heteroatoms. The van der Waals surface area contributed by atoms with E-state index >= 15 is 0 Å². The Morgan fingerprint density at radius 1 is 1.07 bits per heavy atom. The van der Waals surface area contributed by atoms with Crippen LogP contribution >= 0.6 is 0 Å². The van der Waals surface area contributed by atoms with Gasteiger partial charge in [0.1, 0.15) is 11.5 Å². The zero-order valence-corrected chi connectivity index (χ0v) is 16.2. The number of rotatable bonds is 6. The summed E-state index contributed by atoms with van der Waals surface area (Å²) in [6.45, 7) is 0.322. The summed E-state index contributed by atoms with van der Waals surface area (Å²) in [5.41, 5.74) is 1.39. The van der Waals surface area contributed by atoms with Crippen molar-refractivity contribution in [2.75, 3.05) is 25.7 Å². The second-order valence-electron chi connectivity index (χ2n) is 6.57. The number of methoxy groups -OCH3 is 2. The van der Waals surface area contributed by atoms with Crippen LogP contribution in [-0.4, -0.2) is 51.0 Å². The lowest BCUT2D eigenvalue weighted by molar-refractivity contribution is 0.0680. The fourth-order valence-corrected chi connectivity index (χ4v) is 4.99. The fraction of sp³-hybridized carbons (Fsp3) is 0.350. The van der Waals surface area contributed by atoms with E-state index in [9.17, 15) is 13.2 Å². The van der Waals surface area contributed by atoms with Gasteiger partial charge in [-0.1, -0.05) is 12.1 Å². The average Bonchev–Trinajstić information content (AvgIpc) is 3.05. The van der Waals surface area contributed by atoms with E-state index in [0.29, 0.717) is 30.0 Å². The summed E-state index contributed by atoms with van der Waals surface area (Å²) < 4.78 is 34.3. The van der Waals surface area contributed by atoms with Crippen molar-refractivity contribution in [3.63, 3.8) is 0 Å². The van der Waals surface area contributed by atoms with E-state index in [4.69, 9.17) is 9.47 Å². The molecule has 1 fully saturated rings. The summed E-state index contributed by atoms with van der Waals surface area (Å²) in [6, 6.07) is 14.0. The molecule has 1 aliphatic rings. The molecule has 27 heavy (non-hydrogen) atoms. The van der Waals surface area contributed by atoms with Crippen molar-refractivity contribution >= 4 is 15.7 Å². The number of ether oxygens (including phenoxy) is 2. The van der Waals surface area contributed by atoms with Gasteiger partial charge in [0.15, 0.2) is 9.84 Å². The van der Waals surface area contributed by atoms with E-state index in [1.807, 2.05) is 24.3 Å². The van der Waals surface area contributed by atoms with E-state index in [-0.39, 0.29) is 23.5 Å². The minimum absolute atomic E-state index is 0.00113. The number of nitrogens with zero attached hydrogens (tertiary/aromatic N) is 1. The first-order chi connectivity index (χ1) is 12.9. The molecule has 0 saturated carbocycles. The van der Waals surface area contributed by atoms with Crippen LogP contribution in [-0.2, 0) is 16.4 Å². The molecule has 144 valence electrons. The molecule has 1 aliphatic heterocycles. The van der Waals surface area contributed by atoms with Crippen molar-refractivity contribution in [3.05, 3.63) is 59.7 Å². The van der Waals surface area contributed by atoms with E-state index in [1.54, 1.807) is 43.4 Å². The number of sulfone groups is 1. The maximum Gasteiger partial charge on any atom is 0.254 e. The highest BCUT2D eigenvalue weighted by Gasteiger charge is 2.35. The van der Waals surface area contributed by atoms with Gasteiger partial charge in [-0.25, -0.2) is 8.42 Å². The van der Waals surface area contributed by atoms with Gasteiger partial charge < -0.3 is 14.4 Å². The molecule has 1 saturated heterocycles. The van der Waals surface area contributed by atoms with E-state index < -0.39 is 9.84 Å². The Hall–Kier alpha value is -2.54. The van der Waals surface area contributed by atoms with Gasteiger partial charge in [-0.3, -0.25) is 4.79 Å². The topological polar surface area (TPSA) is 72.9 Å². The van der Waals surface area contributed by atoms with Crippen LogP contribution in [0, 0.1) is 0 Å². The average molecular weight is 389 g/mol. The lowest BCUT2D eigenvalue weighted by atomic mass is 10.1. The van der Waals surface area contributed by atoms with Gasteiger partial charge in [0.05, 0.1) is 25.7 Å². The number of hydrogen-bond donors (Lipinski definition) is 0. The van der Waals surface area contributed by atoms with Crippen LogP contribution in [0.1, 0.15) is 22.3 Å². The molecule has 6 nitrogen and oxygen atoms in total. The number of amides is 1. The third-order valence-corrected chi connectivity index (χ3v) is 6.48. The molecule has 1 unspecified atom stereocenters. The summed E-state index contributed by atoms with van der Waals surface area (Å²) in [5, 5.41) is 0. The molecular weight excluding hydrogens is 366 g/mol. The van der Waals surface area contributed by atoms with E-state index in [1.165, 1.54) is 0 Å². The molecule has 0 radical (unpaired) electrons. The lowest BCUT2D eigenvalue weighted by Crippen LogP contribution is -2.40. The Morgan fingerprint density at radius 2 is 1.78 bits per heavy atom. The predicted molar refractivity (Wildman–Crippen MR) is 103 cm³/mol. The third-order valence-electron chi connectivity index (χ3n) is 4.73. The van der Waals surface area contributed by atoms with Crippen LogP contribution in [0.15, 0.2) is 48.5 Å². The molecule has 1 amide bonds. The summed E-state index contributed by atoms with van der Waals surface area (Å²) >= 11 is 0. The predicted octanol–water partition coefficient (Wildman–Crippen LogP) is 2.53. The number of hydrogen-bond acceptors (Lipinski definition) is 5. The molecule has 0 spiro atoms. The van der Waals surface area contributed by atoms with E-state index in [0.717, 1.165) is 5.56 Å². The molecule has 0 aliphatic carbocycles. The smallest absolute Gasteiger partial charge is 0.254 e. The van der Waals surface area contributed by atoms with Gasteiger partial charge in [-0.05, 0) is 48.4 Å². The zero-order chi connectivity index (χ0) is 19.4. The Morgan fingerprint density at radius 3 is 2.37 bits per heavy atom. The van der Waals surface area contributed by atoms with Crippen molar-refractivity contribution in [1.82, 2.24) is 4.90 Å². The Bertz CT molecular complexity index is 908. The SMILES string of the molecule is COc1ccc(C(=O)N(Cc2cccc(OC)c2)C2CCS(=O)(=O)C2)cc1. The summed E-state index contributed by atoms with van der Waals surface area (Å²) in [7, 11) is 0.0405. The Kier molecular flexibility index (Phi) is 5.70. The minimum atomic E-state index is -3.11. The first-order valence-corrected chi connectivity index (χ1v) is 10.5.